The average molecular weight is 470 g/mol. The van der Waals surface area contributed by atoms with E-state index >= 15 is 4.39 Å². The van der Waals surface area contributed by atoms with Crippen LogP contribution in [0.2, 0.25) is 0 Å². The molecule has 2 aromatic heterocycles. The van der Waals surface area contributed by atoms with E-state index in [4.69, 9.17) is 11.0 Å². The lowest BCUT2D eigenvalue weighted by atomic mass is 9.89. The highest BCUT2D eigenvalue weighted by Crippen LogP contribution is 2.47. The second-order valence-corrected chi connectivity index (χ2v) is 11.8. The van der Waals surface area contributed by atoms with Crippen LogP contribution in [0, 0.1) is 24.1 Å². The number of fused-ring (bicyclic) bond motifs is 1. The topological polar surface area (TPSA) is 146 Å². The third kappa shape index (κ3) is 3.36. The zero-order valence-electron chi connectivity index (χ0n) is 18.7. The molecule has 2 aromatic rings. The van der Waals surface area contributed by atoms with Crippen LogP contribution in [0.3, 0.4) is 0 Å². The smallest absolute Gasteiger partial charge is 0.275 e. The van der Waals surface area contributed by atoms with Crippen molar-refractivity contribution in [2.45, 2.75) is 49.7 Å². The first-order valence-electron chi connectivity index (χ1n) is 10.4. The molecule has 0 saturated heterocycles. The van der Waals surface area contributed by atoms with Crippen molar-refractivity contribution < 1.29 is 13.4 Å². The van der Waals surface area contributed by atoms with E-state index in [2.05, 4.69) is 24.6 Å². The zero-order valence-corrected chi connectivity index (χ0v) is 19.5. The van der Waals surface area contributed by atoms with Crippen LogP contribution in [0.1, 0.15) is 54.5 Å². The molecule has 3 atom stereocenters. The van der Waals surface area contributed by atoms with E-state index in [1.165, 1.54) is 18.3 Å². The Kier molecular flexibility index (Phi) is 5.24. The SMILES string of the molecule is Cc1cc(C#N)cnc1C(=O)Nc1ccc(F)c([C@@]2(C)N=C(N)C(C)(C)[S@@]3(=O)=NCC[C@@H]23)n1. The Morgan fingerprint density at radius 3 is 2.76 bits per heavy atom. The summed E-state index contributed by atoms with van der Waals surface area (Å²) in [5.74, 6) is -0.985. The fourth-order valence-corrected chi connectivity index (χ4v) is 7.54. The third-order valence-corrected chi connectivity index (χ3v) is 10.1. The lowest BCUT2D eigenvalue weighted by Crippen LogP contribution is -2.58. The van der Waals surface area contributed by atoms with E-state index in [0.717, 1.165) is 0 Å². The van der Waals surface area contributed by atoms with Crippen LogP contribution >= 0.6 is 0 Å². The number of nitrogens with zero attached hydrogens (tertiary/aromatic N) is 5. The van der Waals surface area contributed by atoms with Gasteiger partial charge < -0.3 is 11.1 Å². The summed E-state index contributed by atoms with van der Waals surface area (Å²) >= 11 is 0. The van der Waals surface area contributed by atoms with Gasteiger partial charge in [0.1, 0.15) is 45.2 Å². The highest BCUT2D eigenvalue weighted by molar-refractivity contribution is 7.96. The number of hydrogen-bond donors (Lipinski definition) is 2. The van der Waals surface area contributed by atoms with Crippen LogP contribution in [0.15, 0.2) is 33.8 Å². The molecule has 0 bridgehead atoms. The number of nitriles is 1. The number of nitrogens with one attached hydrogen (secondary N) is 1. The highest BCUT2D eigenvalue weighted by Gasteiger charge is 2.57. The van der Waals surface area contributed by atoms with E-state index in [-0.39, 0.29) is 23.0 Å². The van der Waals surface area contributed by atoms with Crippen molar-refractivity contribution in [1.29, 1.82) is 5.26 Å². The predicted molar refractivity (Wildman–Crippen MR) is 123 cm³/mol. The number of amidine groups is 1. The monoisotopic (exact) mass is 469 g/mol. The molecule has 11 heteroatoms. The van der Waals surface area contributed by atoms with Gasteiger partial charge in [-0.1, -0.05) is 0 Å². The van der Waals surface area contributed by atoms with Crippen molar-refractivity contribution in [1.82, 2.24) is 9.97 Å². The second-order valence-electron chi connectivity index (χ2n) is 8.84. The maximum atomic E-state index is 15.1. The Morgan fingerprint density at radius 1 is 1.36 bits per heavy atom. The summed E-state index contributed by atoms with van der Waals surface area (Å²) in [6, 6.07) is 6.03. The Balaban J connectivity index is 1.75. The number of hydrogen-bond acceptors (Lipinski definition) is 8. The van der Waals surface area contributed by atoms with Gasteiger partial charge in [-0.05, 0) is 57.9 Å². The molecule has 0 saturated carbocycles. The maximum Gasteiger partial charge on any atom is 0.275 e. The van der Waals surface area contributed by atoms with E-state index < -0.39 is 37.0 Å². The molecule has 3 N–H and O–H groups in total. The Morgan fingerprint density at radius 2 is 2.09 bits per heavy atom. The Labute approximate surface area is 191 Å². The molecule has 0 unspecified atom stereocenters. The van der Waals surface area contributed by atoms with Crippen LogP contribution in [-0.4, -0.2) is 42.5 Å². The Bertz CT molecular complexity index is 1370. The minimum atomic E-state index is -2.85. The van der Waals surface area contributed by atoms with Crippen molar-refractivity contribution >= 4 is 27.3 Å². The van der Waals surface area contributed by atoms with Crippen LogP contribution in [0.5, 0.6) is 0 Å². The van der Waals surface area contributed by atoms with Gasteiger partial charge in [-0.15, -0.1) is 0 Å². The molecule has 0 aliphatic carbocycles. The molecule has 0 aromatic carbocycles. The average Bonchev–Trinajstić information content (AvgIpc) is 3.18. The largest absolute Gasteiger partial charge is 0.386 e. The lowest BCUT2D eigenvalue weighted by Gasteiger charge is -2.44. The number of aryl methyl sites for hydroxylation is 1. The molecule has 2 aliphatic rings. The van der Waals surface area contributed by atoms with E-state index in [0.29, 0.717) is 24.1 Å². The lowest BCUT2D eigenvalue weighted by molar-refractivity contribution is 0.102. The minimum absolute atomic E-state index is 0.0573. The highest BCUT2D eigenvalue weighted by atomic mass is 32.2. The van der Waals surface area contributed by atoms with Gasteiger partial charge >= 0.3 is 0 Å². The molecule has 172 valence electrons. The van der Waals surface area contributed by atoms with Gasteiger partial charge in [-0.25, -0.2) is 22.9 Å². The number of rotatable bonds is 3. The number of nitrogens with two attached hydrogens (primary N) is 1. The molecule has 0 radical (unpaired) electrons. The zero-order chi connectivity index (χ0) is 24.2. The quantitative estimate of drug-likeness (QED) is 0.706. The van der Waals surface area contributed by atoms with Crippen molar-refractivity contribution in [3.8, 4) is 6.07 Å². The first-order chi connectivity index (χ1) is 15.4. The number of carbonyl (C=O) groups is 1. The van der Waals surface area contributed by atoms with Gasteiger partial charge in [0, 0.05) is 12.7 Å². The van der Waals surface area contributed by atoms with Gasteiger partial charge in [0.2, 0.25) is 0 Å². The first-order valence-corrected chi connectivity index (χ1v) is 11.9. The molecule has 4 rings (SSSR count). The van der Waals surface area contributed by atoms with Gasteiger partial charge in [-0.2, -0.15) is 5.26 Å². The van der Waals surface area contributed by atoms with E-state index in [1.54, 1.807) is 33.8 Å². The first kappa shape index (κ1) is 22.8. The molecule has 9 nitrogen and oxygen atoms in total. The summed E-state index contributed by atoms with van der Waals surface area (Å²) in [6.45, 7) is 7.16. The molecule has 33 heavy (non-hydrogen) atoms. The van der Waals surface area contributed by atoms with E-state index in [9.17, 15) is 9.00 Å². The number of aliphatic imine (C=N–C) groups is 1. The van der Waals surface area contributed by atoms with Gasteiger partial charge in [-0.3, -0.25) is 9.79 Å². The summed E-state index contributed by atoms with van der Waals surface area (Å²) < 4.78 is 32.4. The predicted octanol–water partition coefficient (Wildman–Crippen LogP) is 2.65. The van der Waals surface area contributed by atoms with Crippen molar-refractivity contribution in [3.63, 3.8) is 0 Å². The molecular formula is C22H24FN7O2S. The van der Waals surface area contributed by atoms with E-state index in [1.807, 2.05) is 6.07 Å². The summed E-state index contributed by atoms with van der Waals surface area (Å²) in [5, 5.41) is 11.0. The van der Waals surface area contributed by atoms with Crippen molar-refractivity contribution in [2.75, 3.05) is 11.9 Å². The third-order valence-electron chi connectivity index (χ3n) is 6.38. The van der Waals surface area contributed by atoms with Crippen molar-refractivity contribution in [2.24, 2.45) is 15.1 Å². The molecular weight excluding hydrogens is 445 g/mol. The minimum Gasteiger partial charge on any atom is -0.386 e. The summed E-state index contributed by atoms with van der Waals surface area (Å²) in [7, 11) is -2.85. The number of amides is 1. The normalized spacial score (nSPS) is 27.6. The number of pyridine rings is 2. The van der Waals surface area contributed by atoms with Gasteiger partial charge in [0.25, 0.3) is 5.91 Å². The number of aromatic nitrogens is 2. The number of carbonyl (C=O) groups excluding carboxylic acids is 1. The van der Waals surface area contributed by atoms with Gasteiger partial charge in [0.15, 0.2) is 0 Å². The summed E-state index contributed by atoms with van der Waals surface area (Å²) in [5.41, 5.74) is 5.80. The molecule has 0 fully saturated rings. The second kappa shape index (κ2) is 7.59. The fraction of sp³-hybridized carbons (Fsp3) is 0.409. The van der Waals surface area contributed by atoms with Crippen LogP contribution < -0.4 is 11.1 Å². The molecule has 0 spiro atoms. The van der Waals surface area contributed by atoms with Gasteiger partial charge in [0.05, 0.1) is 20.5 Å². The van der Waals surface area contributed by atoms with Crippen LogP contribution in [0.4, 0.5) is 10.2 Å². The molecule has 1 amide bonds. The number of halogens is 1. The summed E-state index contributed by atoms with van der Waals surface area (Å²) in [4.78, 5) is 25.7. The fourth-order valence-electron chi connectivity index (χ4n) is 4.39. The maximum absolute atomic E-state index is 15.1. The van der Waals surface area contributed by atoms with Crippen LogP contribution in [-0.2, 0) is 15.3 Å². The Hall–Kier alpha value is -3.39. The van der Waals surface area contributed by atoms with Crippen molar-refractivity contribution in [3.05, 3.63) is 52.7 Å². The van der Waals surface area contributed by atoms with Crippen LogP contribution in [0.25, 0.3) is 0 Å². The summed E-state index contributed by atoms with van der Waals surface area (Å²) in [6.07, 6.45) is 1.76. The molecule has 2 aliphatic heterocycles. The standard InChI is InChI=1S/C22H24FN7O2S/c1-12-9-13(10-24)11-26-17(12)19(31)29-16-6-5-14(23)18(28-16)22(4)15-7-8-27-33(15,32)21(2,3)20(25)30-22/h5-6,9,11,15H,7-8H2,1-4H3,(H2,25,30)(H,28,29,31)/t15-,22-,33+/m0/s1. The molecule has 4 heterocycles. The number of anilines is 1.